The fraction of sp³-hybridized carbons (Fsp3) is 0.429. The van der Waals surface area contributed by atoms with E-state index in [-0.39, 0.29) is 23.3 Å². The molecule has 0 aliphatic rings. The van der Waals surface area contributed by atoms with E-state index in [0.717, 1.165) is 18.4 Å². The summed E-state index contributed by atoms with van der Waals surface area (Å²) < 4.78 is 15.3. The van der Waals surface area contributed by atoms with Crippen molar-refractivity contribution in [3.8, 4) is 0 Å². The highest BCUT2D eigenvalue weighted by atomic mass is 79.9. The number of nitrogens with one attached hydrogen (secondary N) is 1. The standard InChI is InChI=1S/C21H26BrFN2O2/c1-5-7-12-25-14(4)18(13(3)19(22)21(25)27)20(26)24-17(6-2)15-8-10-16(23)11-9-15/h8-11,17H,5-7,12H2,1-4H3,(H,24,26)/t17-/m0/s1. The summed E-state index contributed by atoms with van der Waals surface area (Å²) in [7, 11) is 0. The van der Waals surface area contributed by atoms with Gasteiger partial charge in [0.2, 0.25) is 0 Å². The molecule has 4 nitrogen and oxygen atoms in total. The van der Waals surface area contributed by atoms with Crippen molar-refractivity contribution in [2.45, 2.75) is 59.5 Å². The summed E-state index contributed by atoms with van der Waals surface area (Å²) in [4.78, 5) is 25.6. The molecule has 0 saturated carbocycles. The summed E-state index contributed by atoms with van der Waals surface area (Å²) in [5.74, 6) is -0.536. The Kier molecular flexibility index (Phi) is 7.36. The molecule has 1 aromatic carbocycles. The summed E-state index contributed by atoms with van der Waals surface area (Å²) in [6.07, 6.45) is 2.50. The molecule has 0 unspecified atom stereocenters. The molecule has 27 heavy (non-hydrogen) atoms. The topological polar surface area (TPSA) is 51.1 Å². The minimum Gasteiger partial charge on any atom is -0.345 e. The molecule has 6 heteroatoms. The SMILES string of the molecule is CCCCn1c(C)c(C(=O)N[C@@H](CC)c2ccc(F)cc2)c(C)c(Br)c1=O. The maximum atomic E-state index is 13.2. The number of nitrogens with zero attached hydrogens (tertiary/aromatic N) is 1. The van der Waals surface area contributed by atoms with Crippen molar-refractivity contribution in [1.82, 2.24) is 9.88 Å². The van der Waals surface area contributed by atoms with Gasteiger partial charge in [0.1, 0.15) is 5.82 Å². The molecule has 0 aliphatic heterocycles. The fourth-order valence-corrected chi connectivity index (χ4v) is 3.63. The Morgan fingerprint density at radius 3 is 2.41 bits per heavy atom. The van der Waals surface area contributed by atoms with Crippen molar-refractivity contribution < 1.29 is 9.18 Å². The quantitative estimate of drug-likeness (QED) is 0.659. The average molecular weight is 437 g/mol. The van der Waals surface area contributed by atoms with Crippen LogP contribution >= 0.6 is 15.9 Å². The number of pyridine rings is 1. The molecule has 1 atom stereocenters. The van der Waals surface area contributed by atoms with Gasteiger partial charge in [-0.1, -0.05) is 32.4 Å². The van der Waals surface area contributed by atoms with Gasteiger partial charge in [-0.05, 0) is 65.9 Å². The van der Waals surface area contributed by atoms with Crippen LogP contribution in [0.15, 0.2) is 33.5 Å². The highest BCUT2D eigenvalue weighted by Gasteiger charge is 2.22. The van der Waals surface area contributed by atoms with Gasteiger partial charge in [-0.2, -0.15) is 0 Å². The molecule has 0 bridgehead atoms. The molecule has 1 N–H and O–H groups in total. The van der Waals surface area contributed by atoms with E-state index in [4.69, 9.17) is 0 Å². The first-order valence-corrected chi connectivity index (χ1v) is 10.1. The lowest BCUT2D eigenvalue weighted by atomic mass is 10.0. The first-order valence-electron chi connectivity index (χ1n) is 9.27. The molecule has 1 heterocycles. The Bertz CT molecular complexity index is 875. The molecule has 0 radical (unpaired) electrons. The highest BCUT2D eigenvalue weighted by Crippen LogP contribution is 2.23. The highest BCUT2D eigenvalue weighted by molar-refractivity contribution is 9.10. The summed E-state index contributed by atoms with van der Waals surface area (Å²) >= 11 is 3.36. The second-order valence-electron chi connectivity index (χ2n) is 6.70. The van der Waals surface area contributed by atoms with Gasteiger partial charge >= 0.3 is 0 Å². The van der Waals surface area contributed by atoms with Gasteiger partial charge in [0.05, 0.1) is 16.1 Å². The van der Waals surface area contributed by atoms with Crippen molar-refractivity contribution in [1.29, 1.82) is 0 Å². The number of benzene rings is 1. The van der Waals surface area contributed by atoms with Crippen LogP contribution in [0.5, 0.6) is 0 Å². The molecule has 1 aromatic heterocycles. The van der Waals surface area contributed by atoms with Crippen LogP contribution in [0.25, 0.3) is 0 Å². The van der Waals surface area contributed by atoms with Gasteiger partial charge in [-0.3, -0.25) is 9.59 Å². The average Bonchev–Trinajstić information content (AvgIpc) is 2.65. The molecular formula is C21H26BrFN2O2. The van der Waals surface area contributed by atoms with Crippen molar-refractivity contribution in [3.05, 3.63) is 67.3 Å². The lowest BCUT2D eigenvalue weighted by Gasteiger charge is -2.21. The first kappa shape index (κ1) is 21.4. The van der Waals surface area contributed by atoms with Crippen molar-refractivity contribution >= 4 is 21.8 Å². The van der Waals surface area contributed by atoms with Crippen LogP contribution in [0, 0.1) is 19.7 Å². The molecule has 146 valence electrons. The van der Waals surface area contributed by atoms with E-state index in [9.17, 15) is 14.0 Å². The second-order valence-corrected chi connectivity index (χ2v) is 7.49. The third-order valence-electron chi connectivity index (χ3n) is 4.85. The smallest absolute Gasteiger partial charge is 0.265 e. The van der Waals surface area contributed by atoms with E-state index in [1.54, 1.807) is 23.6 Å². The monoisotopic (exact) mass is 436 g/mol. The van der Waals surface area contributed by atoms with E-state index in [0.29, 0.717) is 34.3 Å². The van der Waals surface area contributed by atoms with Crippen LogP contribution in [0.4, 0.5) is 4.39 Å². The number of hydrogen-bond acceptors (Lipinski definition) is 2. The summed E-state index contributed by atoms with van der Waals surface area (Å²) in [6.45, 7) is 8.19. The lowest BCUT2D eigenvalue weighted by molar-refractivity contribution is 0.0933. The van der Waals surface area contributed by atoms with Crippen molar-refractivity contribution in [3.63, 3.8) is 0 Å². The largest absolute Gasteiger partial charge is 0.345 e. The number of amides is 1. The normalized spacial score (nSPS) is 12.1. The van der Waals surface area contributed by atoms with E-state index < -0.39 is 0 Å². The van der Waals surface area contributed by atoms with Crippen LogP contribution in [-0.4, -0.2) is 10.5 Å². The number of aromatic nitrogens is 1. The Morgan fingerprint density at radius 2 is 1.85 bits per heavy atom. The third-order valence-corrected chi connectivity index (χ3v) is 5.79. The molecular weight excluding hydrogens is 411 g/mol. The molecule has 0 aliphatic carbocycles. The minimum absolute atomic E-state index is 0.111. The Labute approximate surface area is 167 Å². The maximum absolute atomic E-state index is 13.2. The van der Waals surface area contributed by atoms with Gasteiger partial charge in [0.15, 0.2) is 0 Å². The molecule has 2 aromatic rings. The van der Waals surface area contributed by atoms with Crippen molar-refractivity contribution in [2.75, 3.05) is 0 Å². The number of rotatable bonds is 7. The van der Waals surface area contributed by atoms with Crippen LogP contribution in [0.3, 0.4) is 0 Å². The lowest BCUT2D eigenvalue weighted by Crippen LogP contribution is -2.33. The fourth-order valence-electron chi connectivity index (χ4n) is 3.21. The number of carbonyl (C=O) groups is 1. The predicted molar refractivity (Wildman–Crippen MR) is 110 cm³/mol. The minimum atomic E-state index is -0.307. The second kappa shape index (κ2) is 9.31. The van der Waals surface area contributed by atoms with E-state index >= 15 is 0 Å². The number of unbranched alkanes of at least 4 members (excludes halogenated alkanes) is 1. The molecule has 1 amide bonds. The third kappa shape index (κ3) is 4.67. The van der Waals surface area contributed by atoms with Gasteiger partial charge < -0.3 is 9.88 Å². The van der Waals surface area contributed by atoms with E-state index in [1.807, 2.05) is 13.8 Å². The van der Waals surface area contributed by atoms with Crippen LogP contribution in [0.2, 0.25) is 0 Å². The Balaban J connectivity index is 2.41. The van der Waals surface area contributed by atoms with Crippen LogP contribution in [-0.2, 0) is 6.54 Å². The van der Waals surface area contributed by atoms with Gasteiger partial charge in [-0.25, -0.2) is 4.39 Å². The number of halogens is 2. The predicted octanol–water partition coefficient (Wildman–Crippen LogP) is 5.05. The number of hydrogen-bond donors (Lipinski definition) is 1. The summed E-state index contributed by atoms with van der Waals surface area (Å²) in [5, 5.41) is 3.03. The number of carbonyl (C=O) groups excluding carboxylic acids is 1. The van der Waals surface area contributed by atoms with E-state index in [2.05, 4.69) is 28.2 Å². The van der Waals surface area contributed by atoms with Crippen LogP contribution < -0.4 is 10.9 Å². The Hall–Kier alpha value is -1.95. The Morgan fingerprint density at radius 1 is 1.22 bits per heavy atom. The van der Waals surface area contributed by atoms with Crippen LogP contribution in [0.1, 0.15) is 66.3 Å². The van der Waals surface area contributed by atoms with Gasteiger partial charge in [0.25, 0.3) is 11.5 Å². The zero-order valence-electron chi connectivity index (χ0n) is 16.2. The first-order chi connectivity index (χ1) is 12.8. The van der Waals surface area contributed by atoms with Crippen molar-refractivity contribution in [2.24, 2.45) is 0 Å². The molecule has 0 fully saturated rings. The van der Waals surface area contributed by atoms with Gasteiger partial charge in [0, 0.05) is 12.2 Å². The molecule has 0 saturated heterocycles. The van der Waals surface area contributed by atoms with E-state index in [1.165, 1.54) is 12.1 Å². The zero-order valence-corrected chi connectivity index (χ0v) is 17.8. The van der Waals surface area contributed by atoms with Gasteiger partial charge in [-0.15, -0.1) is 0 Å². The summed E-state index contributed by atoms with van der Waals surface area (Å²) in [5.41, 5.74) is 2.55. The molecule has 2 rings (SSSR count). The zero-order chi connectivity index (χ0) is 20.1. The maximum Gasteiger partial charge on any atom is 0.265 e. The summed E-state index contributed by atoms with van der Waals surface area (Å²) in [6, 6.07) is 5.92. The molecule has 0 spiro atoms.